The van der Waals surface area contributed by atoms with Crippen LogP contribution in [0.25, 0.3) is 0 Å². The summed E-state index contributed by atoms with van der Waals surface area (Å²) >= 11 is 1.20. The number of hydrogen-bond acceptors (Lipinski definition) is 6. The molecule has 0 saturated carbocycles. The molecule has 2 saturated heterocycles. The Hall–Kier alpha value is -1.05. The molecule has 1 aromatic heterocycles. The van der Waals surface area contributed by atoms with Crippen LogP contribution in [-0.2, 0) is 15.9 Å². The van der Waals surface area contributed by atoms with Crippen LogP contribution < -0.4 is 0 Å². The number of amides is 1. The van der Waals surface area contributed by atoms with Crippen LogP contribution >= 0.6 is 11.5 Å². The molecule has 0 atom stereocenters. The first-order chi connectivity index (χ1) is 9.79. The molecular formula is C13H19N3O3S. The van der Waals surface area contributed by atoms with Crippen molar-refractivity contribution in [2.45, 2.75) is 32.5 Å². The fourth-order valence-corrected chi connectivity index (χ4v) is 3.49. The topological polar surface area (TPSA) is 64.6 Å². The number of carbonyl (C=O) groups excluding carboxylic acids is 1. The van der Waals surface area contributed by atoms with Gasteiger partial charge in [-0.25, -0.2) is 0 Å². The molecule has 7 heteroatoms. The SMILES string of the molecule is CCc1nnsc1C(=O)N1CCC(C2OCCO2)CC1. The summed E-state index contributed by atoms with van der Waals surface area (Å²) in [5.74, 6) is 0.482. The second kappa shape index (κ2) is 6.15. The van der Waals surface area contributed by atoms with E-state index in [1.807, 2.05) is 11.8 Å². The lowest BCUT2D eigenvalue weighted by Gasteiger charge is -2.33. The Balaban J connectivity index is 1.59. The lowest BCUT2D eigenvalue weighted by Crippen LogP contribution is -2.41. The van der Waals surface area contributed by atoms with Gasteiger partial charge in [-0.1, -0.05) is 11.4 Å². The van der Waals surface area contributed by atoms with Gasteiger partial charge in [-0.15, -0.1) is 5.10 Å². The largest absolute Gasteiger partial charge is 0.350 e. The average molecular weight is 297 g/mol. The number of aryl methyl sites for hydroxylation is 1. The van der Waals surface area contributed by atoms with E-state index in [9.17, 15) is 4.79 Å². The molecule has 2 aliphatic heterocycles. The van der Waals surface area contributed by atoms with Crippen LogP contribution in [0.15, 0.2) is 0 Å². The maximum Gasteiger partial charge on any atom is 0.267 e. The van der Waals surface area contributed by atoms with Gasteiger partial charge in [-0.3, -0.25) is 4.79 Å². The Kier molecular flexibility index (Phi) is 4.28. The van der Waals surface area contributed by atoms with Crippen molar-refractivity contribution in [1.29, 1.82) is 0 Å². The van der Waals surface area contributed by atoms with E-state index in [0.717, 1.165) is 38.0 Å². The zero-order valence-electron chi connectivity index (χ0n) is 11.6. The Labute approximate surface area is 122 Å². The van der Waals surface area contributed by atoms with Gasteiger partial charge in [-0.05, 0) is 30.8 Å². The standard InChI is InChI=1S/C13H19N3O3S/c1-2-10-11(20-15-14-10)12(17)16-5-3-9(4-6-16)13-18-7-8-19-13/h9,13H,2-8H2,1H3. The summed E-state index contributed by atoms with van der Waals surface area (Å²) in [6.45, 7) is 4.89. The van der Waals surface area contributed by atoms with Crippen molar-refractivity contribution >= 4 is 17.4 Å². The monoisotopic (exact) mass is 297 g/mol. The van der Waals surface area contributed by atoms with Crippen molar-refractivity contribution in [2.75, 3.05) is 26.3 Å². The summed E-state index contributed by atoms with van der Waals surface area (Å²) in [6, 6.07) is 0. The fourth-order valence-electron chi connectivity index (χ4n) is 2.77. The van der Waals surface area contributed by atoms with Crippen molar-refractivity contribution in [3.63, 3.8) is 0 Å². The number of likely N-dealkylation sites (tertiary alicyclic amines) is 1. The molecule has 3 rings (SSSR count). The molecule has 1 aromatic rings. The highest BCUT2D eigenvalue weighted by Gasteiger charge is 2.32. The van der Waals surface area contributed by atoms with Gasteiger partial charge in [-0.2, -0.15) is 0 Å². The smallest absolute Gasteiger partial charge is 0.267 e. The predicted molar refractivity (Wildman–Crippen MR) is 73.6 cm³/mol. The van der Waals surface area contributed by atoms with Crippen LogP contribution in [0.3, 0.4) is 0 Å². The molecule has 0 radical (unpaired) electrons. The molecule has 0 N–H and O–H groups in total. The highest BCUT2D eigenvalue weighted by Crippen LogP contribution is 2.27. The van der Waals surface area contributed by atoms with Crippen molar-refractivity contribution in [1.82, 2.24) is 14.5 Å². The maximum absolute atomic E-state index is 12.5. The normalized spacial score (nSPS) is 21.6. The predicted octanol–water partition coefficient (Wildman–Crippen LogP) is 1.33. The molecule has 1 amide bonds. The zero-order valence-corrected chi connectivity index (χ0v) is 12.4. The van der Waals surface area contributed by atoms with Crippen LogP contribution in [0.5, 0.6) is 0 Å². The zero-order chi connectivity index (χ0) is 13.9. The number of piperidine rings is 1. The minimum atomic E-state index is -0.0662. The summed E-state index contributed by atoms with van der Waals surface area (Å²) in [6.07, 6.45) is 2.55. The number of aromatic nitrogens is 2. The van der Waals surface area contributed by atoms with E-state index in [2.05, 4.69) is 9.59 Å². The second-order valence-corrected chi connectivity index (χ2v) is 5.90. The Morgan fingerprint density at radius 3 is 2.70 bits per heavy atom. The second-order valence-electron chi connectivity index (χ2n) is 5.14. The third-order valence-electron chi connectivity index (χ3n) is 3.94. The number of nitrogens with zero attached hydrogens (tertiary/aromatic N) is 3. The molecule has 0 bridgehead atoms. The van der Waals surface area contributed by atoms with E-state index in [-0.39, 0.29) is 12.2 Å². The van der Waals surface area contributed by atoms with Gasteiger partial charge in [0.2, 0.25) is 0 Å². The Morgan fingerprint density at radius 2 is 2.05 bits per heavy atom. The average Bonchev–Trinajstić information content (AvgIpc) is 3.17. The minimum absolute atomic E-state index is 0.0662. The number of rotatable bonds is 3. The first kappa shape index (κ1) is 13.9. The Bertz CT molecular complexity index is 465. The van der Waals surface area contributed by atoms with Crippen LogP contribution in [-0.4, -0.2) is 53.0 Å². The van der Waals surface area contributed by atoms with Crippen molar-refractivity contribution in [3.8, 4) is 0 Å². The third-order valence-corrected chi connectivity index (χ3v) is 4.70. The van der Waals surface area contributed by atoms with Crippen LogP contribution in [0.2, 0.25) is 0 Å². The van der Waals surface area contributed by atoms with Gasteiger partial charge in [0.25, 0.3) is 5.91 Å². The first-order valence-electron chi connectivity index (χ1n) is 7.13. The molecule has 0 unspecified atom stereocenters. The summed E-state index contributed by atoms with van der Waals surface area (Å²) in [4.78, 5) is 15.1. The van der Waals surface area contributed by atoms with Gasteiger partial charge in [0.05, 0.1) is 18.9 Å². The molecule has 110 valence electrons. The van der Waals surface area contributed by atoms with E-state index in [1.54, 1.807) is 0 Å². The quantitative estimate of drug-likeness (QED) is 0.842. The van der Waals surface area contributed by atoms with E-state index >= 15 is 0 Å². The van der Waals surface area contributed by atoms with E-state index < -0.39 is 0 Å². The van der Waals surface area contributed by atoms with Crippen LogP contribution in [0.4, 0.5) is 0 Å². The van der Waals surface area contributed by atoms with Gasteiger partial charge in [0.1, 0.15) is 4.88 Å². The first-order valence-corrected chi connectivity index (χ1v) is 7.90. The summed E-state index contributed by atoms with van der Waals surface area (Å²) in [7, 11) is 0. The molecule has 3 heterocycles. The number of hydrogen-bond donors (Lipinski definition) is 0. The highest BCUT2D eigenvalue weighted by molar-refractivity contribution is 7.08. The number of ether oxygens (including phenoxy) is 2. The van der Waals surface area contributed by atoms with Crippen molar-refractivity contribution < 1.29 is 14.3 Å². The molecule has 20 heavy (non-hydrogen) atoms. The highest BCUT2D eigenvalue weighted by atomic mass is 32.1. The molecule has 2 aliphatic rings. The van der Waals surface area contributed by atoms with Gasteiger partial charge >= 0.3 is 0 Å². The molecule has 0 aliphatic carbocycles. The maximum atomic E-state index is 12.5. The van der Waals surface area contributed by atoms with Gasteiger partial charge in [0, 0.05) is 19.0 Å². The molecule has 0 aromatic carbocycles. The van der Waals surface area contributed by atoms with E-state index in [4.69, 9.17) is 9.47 Å². The Morgan fingerprint density at radius 1 is 1.35 bits per heavy atom. The van der Waals surface area contributed by atoms with Crippen LogP contribution in [0.1, 0.15) is 35.1 Å². The summed E-state index contributed by atoms with van der Waals surface area (Å²) in [5, 5.41) is 4.01. The molecule has 6 nitrogen and oxygen atoms in total. The van der Waals surface area contributed by atoms with E-state index in [0.29, 0.717) is 24.0 Å². The summed E-state index contributed by atoms with van der Waals surface area (Å²) < 4.78 is 15.0. The molecule has 2 fully saturated rings. The van der Waals surface area contributed by atoms with Crippen molar-refractivity contribution in [3.05, 3.63) is 10.6 Å². The number of carbonyl (C=O) groups is 1. The lowest BCUT2D eigenvalue weighted by molar-refractivity contribution is -0.0956. The van der Waals surface area contributed by atoms with Gasteiger partial charge in [0.15, 0.2) is 6.29 Å². The van der Waals surface area contributed by atoms with Crippen molar-refractivity contribution in [2.24, 2.45) is 5.92 Å². The van der Waals surface area contributed by atoms with E-state index in [1.165, 1.54) is 11.5 Å². The third kappa shape index (κ3) is 2.70. The fraction of sp³-hybridized carbons (Fsp3) is 0.769. The van der Waals surface area contributed by atoms with Gasteiger partial charge < -0.3 is 14.4 Å². The summed E-state index contributed by atoms with van der Waals surface area (Å²) in [5.41, 5.74) is 0.810. The van der Waals surface area contributed by atoms with Crippen LogP contribution in [0, 0.1) is 5.92 Å². The minimum Gasteiger partial charge on any atom is -0.350 e. The lowest BCUT2D eigenvalue weighted by atomic mass is 9.96. The molecular weight excluding hydrogens is 278 g/mol. The molecule has 0 spiro atoms.